The molecule has 10 heavy (non-hydrogen) atoms. The lowest BCUT2D eigenvalue weighted by Gasteiger charge is -2.20. The summed E-state index contributed by atoms with van der Waals surface area (Å²) < 4.78 is 4.89. The van der Waals surface area contributed by atoms with Crippen molar-refractivity contribution < 1.29 is 9.53 Å². The van der Waals surface area contributed by atoms with Gasteiger partial charge in [-0.3, -0.25) is 0 Å². The zero-order chi connectivity index (χ0) is 7.56. The summed E-state index contributed by atoms with van der Waals surface area (Å²) in [5.74, 6) is -0.0803. The van der Waals surface area contributed by atoms with E-state index < -0.39 is 0 Å². The van der Waals surface area contributed by atoms with Crippen LogP contribution in [-0.2, 0) is 9.53 Å². The molecule has 0 N–H and O–H groups in total. The molecule has 2 atom stereocenters. The molecule has 0 amide bonds. The third-order valence-electron chi connectivity index (χ3n) is 1.57. The standard InChI is InChI=1S/C8H10O2/c1-3-7-4-5-8(9)10-6(7)2/h3-7H,1H2,2H3. The third-order valence-corrected chi connectivity index (χ3v) is 1.57. The van der Waals surface area contributed by atoms with E-state index >= 15 is 0 Å². The van der Waals surface area contributed by atoms with E-state index in [0.717, 1.165) is 0 Å². The number of cyclic esters (lactones) is 1. The van der Waals surface area contributed by atoms with Crippen LogP contribution in [0.15, 0.2) is 24.8 Å². The van der Waals surface area contributed by atoms with Crippen molar-refractivity contribution in [3.63, 3.8) is 0 Å². The predicted octanol–water partition coefficient (Wildman–Crippen LogP) is 1.29. The summed E-state index contributed by atoms with van der Waals surface area (Å²) in [6.07, 6.45) is 4.96. The highest BCUT2D eigenvalue weighted by atomic mass is 16.5. The van der Waals surface area contributed by atoms with Crippen molar-refractivity contribution in [2.45, 2.75) is 13.0 Å². The molecule has 0 saturated carbocycles. The van der Waals surface area contributed by atoms with Crippen LogP contribution in [0.25, 0.3) is 0 Å². The molecule has 0 spiro atoms. The molecule has 2 heteroatoms. The summed E-state index contributed by atoms with van der Waals surface area (Å²) in [6.45, 7) is 5.47. The minimum absolute atomic E-state index is 0.0602. The van der Waals surface area contributed by atoms with Crippen LogP contribution in [0.2, 0.25) is 0 Å². The van der Waals surface area contributed by atoms with Gasteiger partial charge in [-0.15, -0.1) is 6.58 Å². The van der Waals surface area contributed by atoms with Crippen molar-refractivity contribution in [3.8, 4) is 0 Å². The minimum Gasteiger partial charge on any atom is -0.459 e. The molecule has 0 radical (unpaired) electrons. The Hall–Kier alpha value is -1.05. The van der Waals surface area contributed by atoms with E-state index in [1.807, 2.05) is 13.0 Å². The molecule has 0 aromatic heterocycles. The number of carbonyl (C=O) groups excluding carboxylic acids is 1. The van der Waals surface area contributed by atoms with Gasteiger partial charge >= 0.3 is 5.97 Å². The van der Waals surface area contributed by atoms with Crippen LogP contribution in [-0.4, -0.2) is 12.1 Å². The lowest BCUT2D eigenvalue weighted by Crippen LogP contribution is -2.24. The average Bonchev–Trinajstić information content (AvgIpc) is 1.88. The van der Waals surface area contributed by atoms with Crippen molar-refractivity contribution in [1.82, 2.24) is 0 Å². The van der Waals surface area contributed by atoms with Crippen molar-refractivity contribution in [3.05, 3.63) is 24.8 Å². The molecule has 2 unspecified atom stereocenters. The summed E-state index contributed by atoms with van der Waals surface area (Å²) in [7, 11) is 0. The molecule has 1 aliphatic rings. The van der Waals surface area contributed by atoms with E-state index in [9.17, 15) is 4.79 Å². The molecule has 0 aromatic carbocycles. The van der Waals surface area contributed by atoms with Crippen LogP contribution in [0.3, 0.4) is 0 Å². The Bertz CT molecular complexity index is 182. The molecule has 1 aliphatic heterocycles. The Kier molecular flexibility index (Phi) is 1.90. The highest BCUT2D eigenvalue weighted by molar-refractivity contribution is 5.83. The van der Waals surface area contributed by atoms with Crippen LogP contribution < -0.4 is 0 Å². The van der Waals surface area contributed by atoms with E-state index in [1.165, 1.54) is 6.08 Å². The van der Waals surface area contributed by atoms with Gasteiger partial charge in [0.1, 0.15) is 6.10 Å². The minimum atomic E-state index is -0.259. The Labute approximate surface area is 60.2 Å². The highest BCUT2D eigenvalue weighted by Crippen LogP contribution is 2.15. The van der Waals surface area contributed by atoms with Crippen molar-refractivity contribution in [2.24, 2.45) is 5.92 Å². The lowest BCUT2D eigenvalue weighted by molar-refractivity contribution is -0.144. The monoisotopic (exact) mass is 138 g/mol. The number of carbonyl (C=O) groups is 1. The summed E-state index contributed by atoms with van der Waals surface area (Å²) >= 11 is 0. The van der Waals surface area contributed by atoms with Crippen LogP contribution >= 0.6 is 0 Å². The van der Waals surface area contributed by atoms with Gasteiger partial charge in [0, 0.05) is 12.0 Å². The lowest BCUT2D eigenvalue weighted by atomic mass is 10.0. The maximum atomic E-state index is 10.6. The number of hydrogen-bond acceptors (Lipinski definition) is 2. The fraction of sp³-hybridized carbons (Fsp3) is 0.375. The van der Waals surface area contributed by atoms with Gasteiger partial charge in [-0.2, -0.15) is 0 Å². The number of hydrogen-bond donors (Lipinski definition) is 0. The quantitative estimate of drug-likeness (QED) is 0.403. The van der Waals surface area contributed by atoms with Crippen LogP contribution in [0.1, 0.15) is 6.92 Å². The molecule has 0 fully saturated rings. The van der Waals surface area contributed by atoms with Gasteiger partial charge in [0.2, 0.25) is 0 Å². The molecule has 2 nitrogen and oxygen atoms in total. The first-order chi connectivity index (χ1) is 4.74. The Morgan fingerprint density at radius 1 is 1.80 bits per heavy atom. The van der Waals surface area contributed by atoms with E-state index in [4.69, 9.17) is 4.74 Å². The van der Waals surface area contributed by atoms with E-state index in [2.05, 4.69) is 6.58 Å². The maximum absolute atomic E-state index is 10.6. The summed E-state index contributed by atoms with van der Waals surface area (Å²) in [5.41, 5.74) is 0. The van der Waals surface area contributed by atoms with Gasteiger partial charge < -0.3 is 4.74 Å². The molecule has 0 bridgehead atoms. The van der Waals surface area contributed by atoms with E-state index in [-0.39, 0.29) is 18.0 Å². The summed E-state index contributed by atoms with van der Waals surface area (Å²) in [5, 5.41) is 0. The van der Waals surface area contributed by atoms with Gasteiger partial charge in [-0.25, -0.2) is 4.79 Å². The first kappa shape index (κ1) is 7.06. The Balaban J connectivity index is 2.71. The molecule has 0 saturated heterocycles. The normalized spacial score (nSPS) is 31.5. The van der Waals surface area contributed by atoms with Gasteiger partial charge in [-0.1, -0.05) is 12.2 Å². The number of rotatable bonds is 1. The summed E-state index contributed by atoms with van der Waals surface area (Å²) in [6, 6.07) is 0. The SMILES string of the molecule is C=CC1C=CC(=O)OC1C. The average molecular weight is 138 g/mol. The topological polar surface area (TPSA) is 26.3 Å². The zero-order valence-corrected chi connectivity index (χ0v) is 5.91. The van der Waals surface area contributed by atoms with Gasteiger partial charge in [0.15, 0.2) is 0 Å². The van der Waals surface area contributed by atoms with E-state index in [1.54, 1.807) is 6.08 Å². The second kappa shape index (κ2) is 2.69. The summed E-state index contributed by atoms with van der Waals surface area (Å²) in [4.78, 5) is 10.6. The predicted molar refractivity (Wildman–Crippen MR) is 38.4 cm³/mol. The number of ether oxygens (including phenoxy) is 1. The van der Waals surface area contributed by atoms with Crippen molar-refractivity contribution in [1.29, 1.82) is 0 Å². The Morgan fingerprint density at radius 3 is 3.00 bits per heavy atom. The molecule has 0 aromatic rings. The van der Waals surface area contributed by atoms with Gasteiger partial charge in [-0.05, 0) is 6.92 Å². The second-order valence-electron chi connectivity index (χ2n) is 2.31. The highest BCUT2D eigenvalue weighted by Gasteiger charge is 2.18. The molecule has 54 valence electrons. The molecular weight excluding hydrogens is 128 g/mol. The van der Waals surface area contributed by atoms with Crippen LogP contribution in [0.5, 0.6) is 0 Å². The molecule has 1 rings (SSSR count). The van der Waals surface area contributed by atoms with Crippen molar-refractivity contribution >= 4 is 5.97 Å². The van der Waals surface area contributed by atoms with Gasteiger partial charge in [0.05, 0.1) is 0 Å². The van der Waals surface area contributed by atoms with E-state index in [0.29, 0.717) is 0 Å². The molecular formula is C8H10O2. The smallest absolute Gasteiger partial charge is 0.330 e. The van der Waals surface area contributed by atoms with Gasteiger partial charge in [0.25, 0.3) is 0 Å². The maximum Gasteiger partial charge on any atom is 0.330 e. The van der Waals surface area contributed by atoms with Crippen LogP contribution in [0, 0.1) is 5.92 Å². The van der Waals surface area contributed by atoms with Crippen molar-refractivity contribution in [2.75, 3.05) is 0 Å². The second-order valence-corrected chi connectivity index (χ2v) is 2.31. The third kappa shape index (κ3) is 1.26. The fourth-order valence-electron chi connectivity index (χ4n) is 0.917. The largest absolute Gasteiger partial charge is 0.459 e. The zero-order valence-electron chi connectivity index (χ0n) is 5.91. The first-order valence-corrected chi connectivity index (χ1v) is 3.25. The fourth-order valence-corrected chi connectivity index (χ4v) is 0.917. The van der Waals surface area contributed by atoms with Crippen LogP contribution in [0.4, 0.5) is 0 Å². The first-order valence-electron chi connectivity index (χ1n) is 3.25. The molecule has 0 aliphatic carbocycles. The Morgan fingerprint density at radius 2 is 2.50 bits per heavy atom. The molecule has 1 heterocycles. The number of esters is 1.